The summed E-state index contributed by atoms with van der Waals surface area (Å²) in [5, 5.41) is 12.7. The average molecular weight is 239 g/mol. The van der Waals surface area contributed by atoms with Crippen molar-refractivity contribution in [1.82, 2.24) is 9.59 Å². The lowest BCUT2D eigenvalue weighted by atomic mass is 10.2. The van der Waals surface area contributed by atoms with Gasteiger partial charge in [-0.05, 0) is 11.7 Å². The molecule has 3 nitrogen and oxygen atoms in total. The Morgan fingerprint density at radius 1 is 1.69 bits per heavy atom. The van der Waals surface area contributed by atoms with Crippen molar-refractivity contribution in [3.05, 3.63) is 10.0 Å². The van der Waals surface area contributed by atoms with Crippen molar-refractivity contribution in [2.45, 2.75) is 12.7 Å². The predicted octanol–water partition coefficient (Wildman–Crippen LogP) is 2.05. The molecular weight excluding hydrogens is 228 g/mol. The third-order valence-electron chi connectivity index (χ3n) is 1.46. The Balaban J connectivity index is 2.24. The van der Waals surface area contributed by atoms with E-state index in [-0.39, 0.29) is 6.61 Å². The maximum atomic E-state index is 8.78. The summed E-state index contributed by atoms with van der Waals surface area (Å²) in [4.78, 5) is 0. The normalized spacial score (nSPS) is 13.2. The molecule has 1 aromatic heterocycles. The van der Waals surface area contributed by atoms with Gasteiger partial charge in [0.25, 0.3) is 0 Å². The number of rotatable bonds is 5. The number of aliphatic hydroxyl groups is 1. The molecule has 1 aromatic rings. The van der Waals surface area contributed by atoms with Gasteiger partial charge in [-0.2, -0.15) is 11.8 Å². The summed E-state index contributed by atoms with van der Waals surface area (Å²) >= 11 is 8.75. The number of aromatic nitrogens is 2. The van der Waals surface area contributed by atoms with E-state index in [0.717, 1.165) is 17.2 Å². The average Bonchev–Trinajstić information content (AvgIpc) is 2.52. The third kappa shape index (κ3) is 3.81. The van der Waals surface area contributed by atoms with Crippen LogP contribution in [0.5, 0.6) is 0 Å². The van der Waals surface area contributed by atoms with E-state index in [4.69, 9.17) is 16.7 Å². The molecule has 0 saturated carbocycles. The summed E-state index contributed by atoms with van der Waals surface area (Å²) in [6, 6.07) is 0. The molecular formula is C7H11ClN2OS2. The van der Waals surface area contributed by atoms with Gasteiger partial charge >= 0.3 is 0 Å². The molecule has 1 N–H and O–H groups in total. The number of hydrogen-bond donors (Lipinski definition) is 1. The molecule has 0 aliphatic carbocycles. The van der Waals surface area contributed by atoms with Gasteiger partial charge in [0, 0.05) is 23.9 Å². The SMILES string of the molecule is CC(CO)CSCc1nnsc1Cl. The van der Waals surface area contributed by atoms with Gasteiger partial charge in [0.1, 0.15) is 10.0 Å². The minimum absolute atomic E-state index is 0.232. The van der Waals surface area contributed by atoms with Crippen molar-refractivity contribution in [2.75, 3.05) is 12.4 Å². The van der Waals surface area contributed by atoms with Gasteiger partial charge in [-0.3, -0.25) is 0 Å². The van der Waals surface area contributed by atoms with Crippen LogP contribution in [0.25, 0.3) is 0 Å². The molecule has 1 unspecified atom stereocenters. The number of halogens is 1. The molecule has 0 aromatic carbocycles. The van der Waals surface area contributed by atoms with Crippen molar-refractivity contribution in [3.63, 3.8) is 0 Å². The minimum Gasteiger partial charge on any atom is -0.396 e. The van der Waals surface area contributed by atoms with Gasteiger partial charge in [0.05, 0.1) is 0 Å². The second-order valence-corrected chi connectivity index (χ2v) is 5.18. The maximum Gasteiger partial charge on any atom is 0.138 e. The Labute approximate surface area is 90.7 Å². The molecule has 0 bridgehead atoms. The largest absolute Gasteiger partial charge is 0.396 e. The fourth-order valence-corrected chi connectivity index (χ4v) is 2.51. The Kier molecular flexibility index (Phi) is 5.01. The fourth-order valence-electron chi connectivity index (χ4n) is 0.693. The van der Waals surface area contributed by atoms with Crippen LogP contribution in [0.1, 0.15) is 12.6 Å². The van der Waals surface area contributed by atoms with E-state index in [1.54, 1.807) is 11.8 Å². The minimum atomic E-state index is 0.232. The van der Waals surface area contributed by atoms with Gasteiger partial charge in [0.2, 0.25) is 0 Å². The summed E-state index contributed by atoms with van der Waals surface area (Å²) < 4.78 is 4.41. The third-order valence-corrected chi connectivity index (χ3v) is 3.73. The van der Waals surface area contributed by atoms with Crippen molar-refractivity contribution < 1.29 is 5.11 Å². The smallest absolute Gasteiger partial charge is 0.138 e. The van der Waals surface area contributed by atoms with Gasteiger partial charge in [0.15, 0.2) is 0 Å². The molecule has 0 aliphatic rings. The highest BCUT2D eigenvalue weighted by Gasteiger charge is 2.06. The van der Waals surface area contributed by atoms with Crippen molar-refractivity contribution in [3.8, 4) is 0 Å². The van der Waals surface area contributed by atoms with E-state index in [0.29, 0.717) is 10.3 Å². The molecule has 6 heteroatoms. The van der Waals surface area contributed by atoms with Gasteiger partial charge in [-0.1, -0.05) is 23.0 Å². The maximum absolute atomic E-state index is 8.78. The quantitative estimate of drug-likeness (QED) is 0.853. The Morgan fingerprint density at radius 3 is 3.00 bits per heavy atom. The number of aliphatic hydroxyl groups excluding tert-OH is 1. The first-order valence-electron chi connectivity index (χ1n) is 3.89. The lowest BCUT2D eigenvalue weighted by Gasteiger charge is -2.05. The highest BCUT2D eigenvalue weighted by Crippen LogP contribution is 2.22. The standard InChI is InChI=1S/C7H11ClN2OS2/c1-5(2-11)3-12-4-6-7(8)13-10-9-6/h5,11H,2-4H2,1H3. The lowest BCUT2D eigenvalue weighted by molar-refractivity contribution is 0.250. The van der Waals surface area contributed by atoms with Crippen LogP contribution < -0.4 is 0 Å². The molecule has 0 radical (unpaired) electrons. The predicted molar refractivity (Wildman–Crippen MR) is 57.3 cm³/mol. The number of nitrogens with zero attached hydrogens (tertiary/aromatic N) is 2. The summed E-state index contributed by atoms with van der Waals surface area (Å²) in [6.07, 6.45) is 0. The first-order chi connectivity index (χ1) is 6.24. The van der Waals surface area contributed by atoms with Crippen LogP contribution in [0.4, 0.5) is 0 Å². The zero-order chi connectivity index (χ0) is 9.68. The molecule has 0 fully saturated rings. The van der Waals surface area contributed by atoms with Crippen molar-refractivity contribution >= 4 is 34.9 Å². The summed E-state index contributed by atoms with van der Waals surface area (Å²) in [5.74, 6) is 2.03. The van der Waals surface area contributed by atoms with Gasteiger partial charge in [-0.25, -0.2) is 0 Å². The first-order valence-corrected chi connectivity index (χ1v) is 6.20. The topological polar surface area (TPSA) is 46.0 Å². The zero-order valence-corrected chi connectivity index (χ0v) is 9.62. The molecule has 0 saturated heterocycles. The van der Waals surface area contributed by atoms with Crippen molar-refractivity contribution in [2.24, 2.45) is 5.92 Å². The molecule has 74 valence electrons. The first kappa shape index (κ1) is 11.2. The Morgan fingerprint density at radius 2 is 2.46 bits per heavy atom. The summed E-state index contributed by atoms with van der Waals surface area (Å²) in [7, 11) is 0. The molecule has 0 spiro atoms. The molecule has 0 amide bonds. The molecule has 1 rings (SSSR count). The Bertz CT molecular complexity index is 256. The second-order valence-electron chi connectivity index (χ2n) is 2.80. The van der Waals surface area contributed by atoms with Gasteiger partial charge in [-0.15, -0.1) is 5.10 Å². The van der Waals surface area contributed by atoms with E-state index in [1.165, 1.54) is 11.5 Å². The van der Waals surface area contributed by atoms with Crippen LogP contribution in [0.3, 0.4) is 0 Å². The van der Waals surface area contributed by atoms with Gasteiger partial charge < -0.3 is 5.11 Å². The molecule has 0 aliphatic heterocycles. The lowest BCUT2D eigenvalue weighted by Crippen LogP contribution is -2.03. The summed E-state index contributed by atoms with van der Waals surface area (Å²) in [5.41, 5.74) is 0.849. The highest BCUT2D eigenvalue weighted by atomic mass is 35.5. The van der Waals surface area contributed by atoms with E-state index >= 15 is 0 Å². The highest BCUT2D eigenvalue weighted by molar-refractivity contribution is 7.98. The van der Waals surface area contributed by atoms with Crippen LogP contribution in [0.2, 0.25) is 4.34 Å². The van der Waals surface area contributed by atoms with E-state index in [2.05, 4.69) is 9.59 Å². The fraction of sp³-hybridized carbons (Fsp3) is 0.714. The zero-order valence-electron chi connectivity index (χ0n) is 7.23. The Hall–Kier alpha value is 0.160. The van der Waals surface area contributed by atoms with E-state index < -0.39 is 0 Å². The van der Waals surface area contributed by atoms with E-state index in [1.807, 2.05) is 6.92 Å². The van der Waals surface area contributed by atoms with Crippen LogP contribution in [-0.4, -0.2) is 27.1 Å². The number of hydrogen-bond acceptors (Lipinski definition) is 5. The summed E-state index contributed by atoms with van der Waals surface area (Å²) in [6.45, 7) is 2.24. The van der Waals surface area contributed by atoms with Crippen LogP contribution >= 0.6 is 34.9 Å². The van der Waals surface area contributed by atoms with Crippen LogP contribution in [-0.2, 0) is 5.75 Å². The van der Waals surface area contributed by atoms with E-state index in [9.17, 15) is 0 Å². The molecule has 1 heterocycles. The monoisotopic (exact) mass is 238 g/mol. The van der Waals surface area contributed by atoms with Crippen LogP contribution in [0.15, 0.2) is 0 Å². The number of thioether (sulfide) groups is 1. The molecule has 1 atom stereocenters. The molecule has 13 heavy (non-hydrogen) atoms. The second kappa shape index (κ2) is 5.80. The van der Waals surface area contributed by atoms with Crippen LogP contribution in [0, 0.1) is 5.92 Å². The van der Waals surface area contributed by atoms with Crippen molar-refractivity contribution in [1.29, 1.82) is 0 Å².